The summed E-state index contributed by atoms with van der Waals surface area (Å²) in [7, 11) is 0. The normalized spacial score (nSPS) is 15.5. The van der Waals surface area contributed by atoms with E-state index >= 15 is 0 Å². The lowest BCUT2D eigenvalue weighted by Crippen LogP contribution is -2.27. The number of nitrogens with zero attached hydrogens (tertiary/aromatic N) is 3. The highest BCUT2D eigenvalue weighted by Crippen LogP contribution is 2.39. The molecule has 0 saturated carbocycles. The molecule has 4 aromatic rings. The maximum absolute atomic E-state index is 12.7. The first kappa shape index (κ1) is 22.6. The molecule has 6 nitrogen and oxygen atoms in total. The van der Waals surface area contributed by atoms with E-state index in [-0.39, 0.29) is 17.2 Å². The predicted molar refractivity (Wildman–Crippen MR) is 137 cm³/mol. The van der Waals surface area contributed by atoms with Crippen molar-refractivity contribution in [2.75, 3.05) is 11.1 Å². The van der Waals surface area contributed by atoms with Crippen LogP contribution in [-0.2, 0) is 11.3 Å². The standard InChI is InChI=1S/C25H19ClN4O2S2/c26-20-12-10-18(11-13-20)23-28-29-25(34-23)27-22(32)17-6-8-19(9-7-17)24-30(21(31)15-33-24)14-16-4-2-1-3-5-16/h1-13,24H,14-15H2,(H,27,29,32). The second kappa shape index (κ2) is 9.97. The summed E-state index contributed by atoms with van der Waals surface area (Å²) in [5, 5.41) is 12.7. The molecule has 1 aliphatic rings. The SMILES string of the molecule is O=C(Nc1nnc(-c2ccc(Cl)cc2)s1)c1ccc(C2SCC(=O)N2Cc2ccccc2)cc1. The maximum atomic E-state index is 12.7. The first-order valence-electron chi connectivity index (χ1n) is 10.5. The Labute approximate surface area is 210 Å². The average molecular weight is 507 g/mol. The number of anilines is 1. The molecule has 2 heterocycles. The van der Waals surface area contributed by atoms with Crippen LogP contribution in [0.1, 0.15) is 26.9 Å². The number of hydrogen-bond donors (Lipinski definition) is 1. The fourth-order valence-corrected chi connectivity index (χ4v) is 5.69. The van der Waals surface area contributed by atoms with Gasteiger partial charge in [-0.05, 0) is 35.4 Å². The molecule has 3 aromatic carbocycles. The highest BCUT2D eigenvalue weighted by molar-refractivity contribution is 8.00. The van der Waals surface area contributed by atoms with Crippen LogP contribution in [0.15, 0.2) is 78.9 Å². The molecule has 0 radical (unpaired) electrons. The van der Waals surface area contributed by atoms with E-state index in [0.29, 0.717) is 33.0 Å². The van der Waals surface area contributed by atoms with E-state index in [1.807, 2.05) is 59.5 Å². The molecule has 0 aliphatic carbocycles. The number of halogens is 1. The minimum Gasteiger partial charge on any atom is -0.322 e. The topological polar surface area (TPSA) is 75.2 Å². The molecule has 1 atom stereocenters. The number of thioether (sulfide) groups is 1. The monoisotopic (exact) mass is 506 g/mol. The molecule has 1 N–H and O–H groups in total. The van der Waals surface area contributed by atoms with E-state index in [1.165, 1.54) is 11.3 Å². The Kier molecular flexibility index (Phi) is 6.62. The number of carbonyl (C=O) groups is 2. The number of nitrogens with one attached hydrogen (secondary N) is 1. The average Bonchev–Trinajstić information content (AvgIpc) is 3.47. The van der Waals surface area contributed by atoms with Crippen molar-refractivity contribution in [3.63, 3.8) is 0 Å². The second-order valence-electron chi connectivity index (χ2n) is 7.67. The van der Waals surface area contributed by atoms with Gasteiger partial charge in [0.25, 0.3) is 5.91 Å². The van der Waals surface area contributed by atoms with Gasteiger partial charge in [-0.25, -0.2) is 0 Å². The van der Waals surface area contributed by atoms with Crippen LogP contribution in [0, 0.1) is 0 Å². The summed E-state index contributed by atoms with van der Waals surface area (Å²) < 4.78 is 0. The van der Waals surface area contributed by atoms with Gasteiger partial charge < -0.3 is 4.90 Å². The predicted octanol–water partition coefficient (Wildman–Crippen LogP) is 5.89. The van der Waals surface area contributed by atoms with Gasteiger partial charge in [0.2, 0.25) is 11.0 Å². The molecule has 1 unspecified atom stereocenters. The highest BCUT2D eigenvalue weighted by atomic mass is 35.5. The van der Waals surface area contributed by atoms with Crippen molar-refractivity contribution >= 4 is 51.6 Å². The first-order valence-corrected chi connectivity index (χ1v) is 12.8. The third-order valence-electron chi connectivity index (χ3n) is 5.36. The number of rotatable bonds is 6. The zero-order chi connectivity index (χ0) is 23.5. The lowest BCUT2D eigenvalue weighted by molar-refractivity contribution is -0.128. The number of carbonyl (C=O) groups excluding carboxylic acids is 2. The van der Waals surface area contributed by atoms with Crippen LogP contribution in [0.3, 0.4) is 0 Å². The molecule has 1 aromatic heterocycles. The van der Waals surface area contributed by atoms with Gasteiger partial charge >= 0.3 is 0 Å². The molecular weight excluding hydrogens is 488 g/mol. The number of aromatic nitrogens is 2. The zero-order valence-electron chi connectivity index (χ0n) is 17.8. The van der Waals surface area contributed by atoms with Crippen molar-refractivity contribution in [1.29, 1.82) is 0 Å². The molecule has 2 amide bonds. The third kappa shape index (κ3) is 4.99. The van der Waals surface area contributed by atoms with Gasteiger partial charge in [-0.3, -0.25) is 14.9 Å². The molecule has 0 bridgehead atoms. The van der Waals surface area contributed by atoms with E-state index in [2.05, 4.69) is 15.5 Å². The number of hydrogen-bond acceptors (Lipinski definition) is 6. The Hall–Kier alpha value is -3.20. The summed E-state index contributed by atoms with van der Waals surface area (Å²) in [6, 6.07) is 24.6. The van der Waals surface area contributed by atoms with Crippen molar-refractivity contribution in [3.8, 4) is 10.6 Å². The van der Waals surface area contributed by atoms with Crippen LogP contribution in [-0.4, -0.2) is 32.7 Å². The Balaban J connectivity index is 1.26. The lowest BCUT2D eigenvalue weighted by Gasteiger charge is -2.24. The smallest absolute Gasteiger partial charge is 0.257 e. The third-order valence-corrected chi connectivity index (χ3v) is 7.75. The van der Waals surface area contributed by atoms with E-state index in [4.69, 9.17) is 11.6 Å². The van der Waals surface area contributed by atoms with E-state index in [0.717, 1.165) is 16.7 Å². The Morgan fingerprint density at radius 1 is 1.00 bits per heavy atom. The summed E-state index contributed by atoms with van der Waals surface area (Å²) >= 11 is 8.83. The van der Waals surface area contributed by atoms with Crippen molar-refractivity contribution in [3.05, 3.63) is 101 Å². The zero-order valence-corrected chi connectivity index (χ0v) is 20.2. The minimum absolute atomic E-state index is 0.0742. The molecule has 170 valence electrons. The van der Waals surface area contributed by atoms with E-state index in [1.54, 1.807) is 36.0 Å². The van der Waals surface area contributed by atoms with Gasteiger partial charge in [0.1, 0.15) is 10.4 Å². The number of benzene rings is 3. The van der Waals surface area contributed by atoms with Crippen molar-refractivity contribution in [2.24, 2.45) is 0 Å². The molecule has 5 rings (SSSR count). The van der Waals surface area contributed by atoms with Crippen LogP contribution < -0.4 is 5.32 Å². The maximum Gasteiger partial charge on any atom is 0.257 e. The Bertz CT molecular complexity index is 1310. The van der Waals surface area contributed by atoms with E-state index < -0.39 is 0 Å². The Morgan fingerprint density at radius 3 is 2.47 bits per heavy atom. The fraction of sp³-hybridized carbons (Fsp3) is 0.120. The van der Waals surface area contributed by atoms with Gasteiger partial charge in [0, 0.05) is 22.7 Å². The molecule has 1 fully saturated rings. The number of amides is 2. The molecule has 1 aliphatic heterocycles. The summed E-state index contributed by atoms with van der Waals surface area (Å²) in [6.45, 7) is 0.562. The largest absolute Gasteiger partial charge is 0.322 e. The second-order valence-corrected chi connectivity index (χ2v) is 10.1. The van der Waals surface area contributed by atoms with Gasteiger partial charge in [-0.2, -0.15) is 0 Å². The van der Waals surface area contributed by atoms with Gasteiger partial charge in [0.15, 0.2) is 0 Å². The van der Waals surface area contributed by atoms with Crippen LogP contribution in [0.2, 0.25) is 5.02 Å². The fourth-order valence-electron chi connectivity index (χ4n) is 3.63. The minimum atomic E-state index is -0.262. The summed E-state index contributed by atoms with van der Waals surface area (Å²) in [4.78, 5) is 27.1. The van der Waals surface area contributed by atoms with Crippen LogP contribution in [0.5, 0.6) is 0 Å². The van der Waals surface area contributed by atoms with Crippen LogP contribution in [0.25, 0.3) is 10.6 Å². The van der Waals surface area contributed by atoms with Gasteiger partial charge in [0.05, 0.1) is 5.75 Å². The molecule has 34 heavy (non-hydrogen) atoms. The Morgan fingerprint density at radius 2 is 1.74 bits per heavy atom. The van der Waals surface area contributed by atoms with Gasteiger partial charge in [-0.15, -0.1) is 22.0 Å². The van der Waals surface area contributed by atoms with Crippen molar-refractivity contribution in [1.82, 2.24) is 15.1 Å². The lowest BCUT2D eigenvalue weighted by atomic mass is 10.1. The first-order chi connectivity index (χ1) is 16.6. The summed E-state index contributed by atoms with van der Waals surface area (Å²) in [5.41, 5.74) is 3.48. The van der Waals surface area contributed by atoms with Crippen molar-refractivity contribution < 1.29 is 9.59 Å². The van der Waals surface area contributed by atoms with Gasteiger partial charge in [-0.1, -0.05) is 77.5 Å². The highest BCUT2D eigenvalue weighted by Gasteiger charge is 2.32. The molecular formula is C25H19ClN4O2S2. The summed E-state index contributed by atoms with van der Waals surface area (Å²) in [6.07, 6.45) is 0. The van der Waals surface area contributed by atoms with E-state index in [9.17, 15) is 9.59 Å². The quantitative estimate of drug-likeness (QED) is 0.353. The van der Waals surface area contributed by atoms with Crippen LogP contribution >= 0.6 is 34.7 Å². The molecule has 0 spiro atoms. The molecule has 1 saturated heterocycles. The van der Waals surface area contributed by atoms with Crippen molar-refractivity contribution in [2.45, 2.75) is 11.9 Å². The molecule has 9 heteroatoms. The van der Waals surface area contributed by atoms with Crippen LogP contribution in [0.4, 0.5) is 5.13 Å². The summed E-state index contributed by atoms with van der Waals surface area (Å²) in [5.74, 6) is 0.308.